The van der Waals surface area contributed by atoms with E-state index in [1.165, 1.54) is 28.8 Å². The monoisotopic (exact) mass is 282 g/mol. The quantitative estimate of drug-likeness (QED) is 0.512. The van der Waals surface area contributed by atoms with E-state index in [2.05, 4.69) is 4.99 Å². The normalized spacial score (nSPS) is 11.8. The second-order valence-electron chi connectivity index (χ2n) is 3.33. The highest BCUT2D eigenvalue weighted by Gasteiger charge is 2.21. The van der Waals surface area contributed by atoms with Gasteiger partial charge in [0.25, 0.3) is 0 Å². The first-order chi connectivity index (χ1) is 8.66. The Morgan fingerprint density at radius 3 is 2.61 bits per heavy atom. The molecule has 0 aliphatic heterocycles. The summed E-state index contributed by atoms with van der Waals surface area (Å²) >= 11 is 1.24. The molecule has 0 spiro atoms. The molecule has 1 aromatic heterocycles. The molecular formula is C11H10N2O3S2. The van der Waals surface area contributed by atoms with Gasteiger partial charge in [-0.05, 0) is 12.1 Å². The zero-order chi connectivity index (χ0) is 13.0. The fraction of sp³-hybridized carbons (Fsp3) is 0. The molecule has 18 heavy (non-hydrogen) atoms. The van der Waals surface area contributed by atoms with Crippen LogP contribution in [-0.4, -0.2) is 20.0 Å². The number of nitrogens with one attached hydrogen (secondary N) is 1. The van der Waals surface area contributed by atoms with E-state index < -0.39 is 9.84 Å². The molecule has 2 aromatic rings. The summed E-state index contributed by atoms with van der Waals surface area (Å²) in [5.74, 6) is 0. The number of hydroxylamine groups is 1. The fourth-order valence-corrected chi connectivity index (χ4v) is 3.93. The minimum Gasteiger partial charge on any atom is -0.290 e. The number of hydrogen-bond donors (Lipinski definition) is 2. The Bertz CT molecular complexity index is 648. The van der Waals surface area contributed by atoms with Gasteiger partial charge in [-0.3, -0.25) is 10.7 Å². The molecule has 5 nitrogen and oxygen atoms in total. The zero-order valence-electron chi connectivity index (χ0n) is 9.15. The van der Waals surface area contributed by atoms with Gasteiger partial charge in [0.2, 0.25) is 9.84 Å². The third-order valence-corrected chi connectivity index (χ3v) is 4.89. The summed E-state index contributed by atoms with van der Waals surface area (Å²) in [6, 6.07) is 8.14. The predicted molar refractivity (Wildman–Crippen MR) is 69.3 cm³/mol. The smallest absolute Gasteiger partial charge is 0.209 e. The van der Waals surface area contributed by atoms with E-state index in [0.29, 0.717) is 5.69 Å². The van der Waals surface area contributed by atoms with Crippen molar-refractivity contribution in [2.24, 2.45) is 4.99 Å². The minimum atomic E-state index is -3.57. The van der Waals surface area contributed by atoms with Gasteiger partial charge in [-0.2, -0.15) is 0 Å². The second kappa shape index (κ2) is 5.30. The van der Waals surface area contributed by atoms with E-state index in [9.17, 15) is 8.42 Å². The highest BCUT2D eigenvalue weighted by atomic mass is 32.2. The topological polar surface area (TPSA) is 78.8 Å². The minimum absolute atomic E-state index is 0.130. The molecule has 0 amide bonds. The summed E-state index contributed by atoms with van der Waals surface area (Å²) in [5.41, 5.74) is 2.04. The van der Waals surface area contributed by atoms with E-state index in [-0.39, 0.29) is 9.79 Å². The van der Waals surface area contributed by atoms with Crippen molar-refractivity contribution in [1.82, 2.24) is 5.48 Å². The van der Waals surface area contributed by atoms with Gasteiger partial charge in [-0.1, -0.05) is 18.2 Å². The van der Waals surface area contributed by atoms with E-state index in [1.807, 2.05) is 0 Å². The van der Waals surface area contributed by atoms with Crippen LogP contribution < -0.4 is 5.48 Å². The van der Waals surface area contributed by atoms with Gasteiger partial charge in [0.1, 0.15) is 11.2 Å². The third-order valence-electron chi connectivity index (χ3n) is 2.21. The van der Waals surface area contributed by atoms with Crippen molar-refractivity contribution in [1.29, 1.82) is 0 Å². The largest absolute Gasteiger partial charge is 0.290 e. The molecule has 0 saturated carbocycles. The molecule has 0 atom stereocenters. The Balaban J connectivity index is 2.49. The molecule has 0 unspecified atom stereocenters. The molecule has 7 heteroatoms. The van der Waals surface area contributed by atoms with Crippen LogP contribution in [0.2, 0.25) is 0 Å². The Morgan fingerprint density at radius 2 is 1.94 bits per heavy atom. The maximum absolute atomic E-state index is 12.3. The predicted octanol–water partition coefficient (Wildman–Crippen LogP) is 2.22. The van der Waals surface area contributed by atoms with Crippen LogP contribution in [0.25, 0.3) is 0 Å². The number of thiophene rings is 1. The number of rotatable bonds is 4. The van der Waals surface area contributed by atoms with Crippen molar-refractivity contribution < 1.29 is 13.6 Å². The van der Waals surface area contributed by atoms with Crippen molar-refractivity contribution in [3.05, 3.63) is 41.1 Å². The Hall–Kier alpha value is -1.70. The molecule has 2 N–H and O–H groups in total. The first-order valence-corrected chi connectivity index (χ1v) is 7.37. The van der Waals surface area contributed by atoms with Crippen LogP contribution in [0, 0.1) is 0 Å². The lowest BCUT2D eigenvalue weighted by Crippen LogP contribution is -2.03. The standard InChI is InChI=1S/C11H10N2O3S2/c14-13-8-12-10-6-17-7-11(10)18(15,16)9-4-2-1-3-5-9/h1-8,14H,(H,12,13). The van der Waals surface area contributed by atoms with Gasteiger partial charge in [-0.25, -0.2) is 13.4 Å². The molecule has 0 saturated heterocycles. The lowest BCUT2D eigenvalue weighted by Gasteiger charge is -2.03. The van der Waals surface area contributed by atoms with Crippen LogP contribution in [0.5, 0.6) is 0 Å². The number of sulfone groups is 1. The summed E-state index contributed by atoms with van der Waals surface area (Å²) in [6.07, 6.45) is 1.02. The summed E-state index contributed by atoms with van der Waals surface area (Å²) < 4.78 is 24.7. The SMILES string of the molecule is O=S(=O)(c1ccccc1)c1cscc1N=CNO. The molecule has 0 aliphatic carbocycles. The van der Waals surface area contributed by atoms with Crippen LogP contribution in [0.3, 0.4) is 0 Å². The number of aliphatic imine (C=N–C) groups is 1. The average molecular weight is 282 g/mol. The summed E-state index contributed by atoms with van der Waals surface area (Å²) in [6.45, 7) is 0. The number of nitrogens with zero attached hydrogens (tertiary/aromatic N) is 1. The third kappa shape index (κ3) is 2.42. The average Bonchev–Trinajstić information content (AvgIpc) is 2.86. The first-order valence-electron chi connectivity index (χ1n) is 4.95. The van der Waals surface area contributed by atoms with Gasteiger partial charge in [0.15, 0.2) is 0 Å². The molecule has 0 radical (unpaired) electrons. The van der Waals surface area contributed by atoms with E-state index in [4.69, 9.17) is 5.21 Å². The molecule has 0 bridgehead atoms. The van der Waals surface area contributed by atoms with Gasteiger partial charge in [0.05, 0.1) is 10.6 Å². The highest BCUT2D eigenvalue weighted by molar-refractivity contribution is 7.91. The lowest BCUT2D eigenvalue weighted by molar-refractivity contribution is 0.240. The van der Waals surface area contributed by atoms with Crippen molar-refractivity contribution in [2.75, 3.05) is 0 Å². The molecule has 1 heterocycles. The van der Waals surface area contributed by atoms with Crippen LogP contribution in [0.15, 0.2) is 55.9 Å². The number of hydrogen-bond acceptors (Lipinski definition) is 5. The van der Waals surface area contributed by atoms with Crippen molar-refractivity contribution in [3.63, 3.8) is 0 Å². The van der Waals surface area contributed by atoms with E-state index >= 15 is 0 Å². The Morgan fingerprint density at radius 1 is 1.22 bits per heavy atom. The van der Waals surface area contributed by atoms with E-state index in [0.717, 1.165) is 6.34 Å². The maximum Gasteiger partial charge on any atom is 0.209 e. The lowest BCUT2D eigenvalue weighted by atomic mass is 10.4. The second-order valence-corrected chi connectivity index (χ2v) is 5.99. The molecule has 0 fully saturated rings. The van der Waals surface area contributed by atoms with Gasteiger partial charge >= 0.3 is 0 Å². The summed E-state index contributed by atoms with van der Waals surface area (Å²) in [4.78, 5) is 4.17. The summed E-state index contributed by atoms with van der Waals surface area (Å²) in [7, 11) is -3.57. The maximum atomic E-state index is 12.3. The fourth-order valence-electron chi connectivity index (χ4n) is 1.40. The van der Waals surface area contributed by atoms with Crippen molar-refractivity contribution >= 4 is 33.2 Å². The van der Waals surface area contributed by atoms with Crippen molar-refractivity contribution in [2.45, 2.75) is 9.79 Å². The summed E-state index contributed by atoms with van der Waals surface area (Å²) in [5, 5.41) is 11.6. The Labute approximate surface area is 108 Å². The highest BCUT2D eigenvalue weighted by Crippen LogP contribution is 2.32. The van der Waals surface area contributed by atoms with Gasteiger partial charge < -0.3 is 0 Å². The molecular weight excluding hydrogens is 272 g/mol. The first kappa shape index (κ1) is 12.7. The molecule has 1 aromatic carbocycles. The van der Waals surface area contributed by atoms with Crippen molar-refractivity contribution in [3.8, 4) is 0 Å². The number of benzene rings is 1. The van der Waals surface area contributed by atoms with Crippen LogP contribution in [-0.2, 0) is 9.84 Å². The van der Waals surface area contributed by atoms with Gasteiger partial charge in [0, 0.05) is 10.8 Å². The van der Waals surface area contributed by atoms with E-state index in [1.54, 1.807) is 29.1 Å². The molecule has 94 valence electrons. The molecule has 2 rings (SSSR count). The zero-order valence-corrected chi connectivity index (χ0v) is 10.8. The Kier molecular flexibility index (Phi) is 3.75. The van der Waals surface area contributed by atoms with Crippen LogP contribution >= 0.6 is 11.3 Å². The van der Waals surface area contributed by atoms with Crippen LogP contribution in [0.1, 0.15) is 0 Å². The molecule has 0 aliphatic rings. The van der Waals surface area contributed by atoms with Gasteiger partial charge in [-0.15, -0.1) is 11.3 Å². The van der Waals surface area contributed by atoms with Crippen LogP contribution in [0.4, 0.5) is 5.69 Å².